The second-order valence-electron chi connectivity index (χ2n) is 12.4. The maximum atomic E-state index is 13.3. The summed E-state index contributed by atoms with van der Waals surface area (Å²) in [4.78, 5) is 41.0. The highest BCUT2D eigenvalue weighted by Gasteiger charge is 2.29. The third-order valence-electron chi connectivity index (χ3n) is 7.42. The van der Waals surface area contributed by atoms with Crippen LogP contribution in [0, 0.1) is 17.3 Å². The van der Waals surface area contributed by atoms with Gasteiger partial charge in [0.05, 0.1) is 0 Å². The summed E-state index contributed by atoms with van der Waals surface area (Å²) < 4.78 is 0. The summed E-state index contributed by atoms with van der Waals surface area (Å²) in [5, 5.41) is 6.25. The summed E-state index contributed by atoms with van der Waals surface area (Å²) in [6.07, 6.45) is 7.81. The number of hydrogen-bond acceptors (Lipinski definition) is 4. The Labute approximate surface area is 230 Å². The molecule has 4 N–H and O–H groups in total. The lowest BCUT2D eigenvalue weighted by molar-refractivity contribution is -0.125. The van der Waals surface area contributed by atoms with Crippen LogP contribution in [0.25, 0.3) is 0 Å². The largest absolute Gasteiger partial charge is 0.356 e. The zero-order valence-corrected chi connectivity index (χ0v) is 24.6. The van der Waals surface area contributed by atoms with Crippen LogP contribution in [0.2, 0.25) is 0 Å². The van der Waals surface area contributed by atoms with Gasteiger partial charge in [-0.25, -0.2) is 0 Å². The molecule has 0 aromatic heterocycles. The fourth-order valence-electron chi connectivity index (χ4n) is 5.36. The van der Waals surface area contributed by atoms with Gasteiger partial charge in [-0.3, -0.25) is 14.4 Å². The van der Waals surface area contributed by atoms with E-state index in [0.717, 1.165) is 19.4 Å². The number of amides is 3. The van der Waals surface area contributed by atoms with Gasteiger partial charge in [-0.1, -0.05) is 60.5 Å². The normalized spacial score (nSPS) is 16.5. The van der Waals surface area contributed by atoms with Crippen LogP contribution < -0.4 is 16.4 Å². The highest BCUT2D eigenvalue weighted by molar-refractivity contribution is 5.99. The Morgan fingerprint density at radius 3 is 2.24 bits per heavy atom. The summed E-state index contributed by atoms with van der Waals surface area (Å²) in [7, 11) is 0. The first-order valence-electron chi connectivity index (χ1n) is 14.7. The second-order valence-corrected chi connectivity index (χ2v) is 12.4. The Balaban J connectivity index is 2.08. The predicted molar refractivity (Wildman–Crippen MR) is 155 cm³/mol. The van der Waals surface area contributed by atoms with Gasteiger partial charge in [0.15, 0.2) is 0 Å². The standard InChI is InChI=1S/C31H52N4O3/c1-7-16-35(17-8-2)30(38)25-15-11-14-24(19-25)29(37)34-27(20-31(4,5)6)26(32)18-22(3)28(36)33-21-23-12-9-10-13-23/h11,14-15,19,22-23,26-27H,7-10,12-13,16-18,20-21,32H2,1-6H3,(H,33,36)(H,34,37)/t22-,26+,27+/m1/s1. The molecule has 0 spiro atoms. The number of nitrogens with two attached hydrogens (primary N) is 1. The molecule has 0 unspecified atom stereocenters. The molecular weight excluding hydrogens is 476 g/mol. The van der Waals surface area contributed by atoms with E-state index >= 15 is 0 Å². The van der Waals surface area contributed by atoms with Crippen molar-refractivity contribution in [2.45, 2.75) is 105 Å². The van der Waals surface area contributed by atoms with Gasteiger partial charge in [0.1, 0.15) is 0 Å². The Morgan fingerprint density at radius 2 is 1.66 bits per heavy atom. The molecule has 3 amide bonds. The average molecular weight is 529 g/mol. The van der Waals surface area contributed by atoms with Crippen molar-refractivity contribution in [1.82, 2.24) is 15.5 Å². The van der Waals surface area contributed by atoms with Crippen molar-refractivity contribution >= 4 is 17.7 Å². The molecule has 0 saturated heterocycles. The third kappa shape index (κ3) is 10.4. The predicted octanol–water partition coefficient (Wildman–Crippen LogP) is 5.14. The Bertz CT molecular complexity index is 899. The van der Waals surface area contributed by atoms with Gasteiger partial charge in [-0.2, -0.15) is 0 Å². The first-order valence-corrected chi connectivity index (χ1v) is 14.7. The SMILES string of the molecule is CCCN(CCC)C(=O)c1cccc(C(=O)N[C@@H](CC(C)(C)C)[C@@H](N)C[C@@H](C)C(=O)NCC2CCCC2)c1. The maximum absolute atomic E-state index is 13.3. The molecule has 7 heteroatoms. The zero-order chi connectivity index (χ0) is 28.3. The van der Waals surface area contributed by atoms with Crippen molar-refractivity contribution in [3.05, 3.63) is 35.4 Å². The minimum atomic E-state index is -0.375. The van der Waals surface area contributed by atoms with Gasteiger partial charge in [-0.05, 0) is 68.1 Å². The van der Waals surface area contributed by atoms with E-state index in [-0.39, 0.29) is 41.1 Å². The maximum Gasteiger partial charge on any atom is 0.253 e. The molecule has 0 radical (unpaired) electrons. The lowest BCUT2D eigenvalue weighted by Crippen LogP contribution is -2.51. The molecule has 3 atom stereocenters. The first-order chi connectivity index (χ1) is 17.9. The minimum absolute atomic E-state index is 0.0307. The highest BCUT2D eigenvalue weighted by Crippen LogP contribution is 2.25. The molecule has 2 rings (SSSR count). The molecule has 1 aromatic carbocycles. The summed E-state index contributed by atoms with van der Waals surface area (Å²) >= 11 is 0. The van der Waals surface area contributed by atoms with Crippen LogP contribution in [0.3, 0.4) is 0 Å². The summed E-state index contributed by atoms with van der Waals surface area (Å²) in [5.74, 6) is 0.0772. The monoisotopic (exact) mass is 528 g/mol. The first kappa shape index (κ1) is 31.8. The van der Waals surface area contributed by atoms with E-state index in [0.29, 0.717) is 43.0 Å². The van der Waals surface area contributed by atoms with Crippen LogP contribution in [0.4, 0.5) is 0 Å². The van der Waals surface area contributed by atoms with Crippen molar-refractivity contribution in [3.63, 3.8) is 0 Å². The van der Waals surface area contributed by atoms with Crippen molar-refractivity contribution < 1.29 is 14.4 Å². The number of carbonyl (C=O) groups excluding carboxylic acids is 3. The van der Waals surface area contributed by atoms with E-state index in [1.807, 2.05) is 11.8 Å². The molecule has 38 heavy (non-hydrogen) atoms. The smallest absolute Gasteiger partial charge is 0.253 e. The van der Waals surface area contributed by atoms with E-state index in [4.69, 9.17) is 5.73 Å². The van der Waals surface area contributed by atoms with Crippen LogP contribution in [0.1, 0.15) is 114 Å². The summed E-state index contributed by atoms with van der Waals surface area (Å²) in [5.41, 5.74) is 7.53. The second kappa shape index (κ2) is 15.2. The summed E-state index contributed by atoms with van der Waals surface area (Å²) in [6.45, 7) is 14.5. The molecule has 1 aromatic rings. The molecule has 0 heterocycles. The molecule has 0 aliphatic heterocycles. The minimum Gasteiger partial charge on any atom is -0.356 e. The molecule has 1 aliphatic rings. The number of hydrogen-bond donors (Lipinski definition) is 3. The van der Waals surface area contributed by atoms with Crippen LogP contribution in [0.5, 0.6) is 0 Å². The van der Waals surface area contributed by atoms with Crippen molar-refractivity contribution in [3.8, 4) is 0 Å². The van der Waals surface area contributed by atoms with E-state index in [2.05, 4.69) is 45.3 Å². The fourth-order valence-corrected chi connectivity index (χ4v) is 5.36. The van der Waals surface area contributed by atoms with Crippen LogP contribution in [-0.4, -0.2) is 54.3 Å². The van der Waals surface area contributed by atoms with Gasteiger partial charge in [0.25, 0.3) is 11.8 Å². The Kier molecular flexibility index (Phi) is 12.8. The van der Waals surface area contributed by atoms with E-state index in [9.17, 15) is 14.4 Å². The van der Waals surface area contributed by atoms with Crippen molar-refractivity contribution in [2.75, 3.05) is 19.6 Å². The van der Waals surface area contributed by atoms with Gasteiger partial charge in [0.2, 0.25) is 5.91 Å². The number of carbonyl (C=O) groups is 3. The van der Waals surface area contributed by atoms with Gasteiger partial charge < -0.3 is 21.3 Å². The highest BCUT2D eigenvalue weighted by atomic mass is 16.2. The van der Waals surface area contributed by atoms with Gasteiger partial charge in [0, 0.05) is 48.8 Å². The molecule has 0 bridgehead atoms. The van der Waals surface area contributed by atoms with Crippen molar-refractivity contribution in [1.29, 1.82) is 0 Å². The van der Waals surface area contributed by atoms with E-state index in [1.54, 1.807) is 24.3 Å². The van der Waals surface area contributed by atoms with Crippen LogP contribution in [0.15, 0.2) is 24.3 Å². The fraction of sp³-hybridized carbons (Fsp3) is 0.710. The Morgan fingerprint density at radius 1 is 1.05 bits per heavy atom. The van der Waals surface area contributed by atoms with E-state index in [1.165, 1.54) is 25.7 Å². The van der Waals surface area contributed by atoms with E-state index < -0.39 is 0 Å². The van der Waals surface area contributed by atoms with Crippen LogP contribution >= 0.6 is 0 Å². The average Bonchev–Trinajstić information content (AvgIpc) is 3.39. The third-order valence-corrected chi connectivity index (χ3v) is 7.42. The number of rotatable bonds is 14. The van der Waals surface area contributed by atoms with Crippen molar-refractivity contribution in [2.24, 2.45) is 23.0 Å². The Hall–Kier alpha value is -2.41. The lowest BCUT2D eigenvalue weighted by Gasteiger charge is -2.32. The number of nitrogens with one attached hydrogen (secondary N) is 2. The number of nitrogens with zero attached hydrogens (tertiary/aromatic N) is 1. The molecular formula is C31H52N4O3. The van der Waals surface area contributed by atoms with Gasteiger partial charge >= 0.3 is 0 Å². The number of benzene rings is 1. The summed E-state index contributed by atoms with van der Waals surface area (Å²) in [6, 6.07) is 6.25. The molecule has 7 nitrogen and oxygen atoms in total. The lowest BCUT2D eigenvalue weighted by atomic mass is 9.83. The molecule has 214 valence electrons. The quantitative estimate of drug-likeness (QED) is 0.311. The molecule has 1 saturated carbocycles. The molecule has 1 aliphatic carbocycles. The van der Waals surface area contributed by atoms with Crippen LogP contribution in [-0.2, 0) is 4.79 Å². The zero-order valence-electron chi connectivity index (χ0n) is 24.6. The van der Waals surface area contributed by atoms with Gasteiger partial charge in [-0.15, -0.1) is 0 Å². The topological polar surface area (TPSA) is 105 Å². The molecule has 1 fully saturated rings.